The van der Waals surface area contributed by atoms with E-state index in [1.807, 2.05) is 0 Å². The first kappa shape index (κ1) is 244. The summed E-state index contributed by atoms with van der Waals surface area (Å²) >= 11 is 0. The summed E-state index contributed by atoms with van der Waals surface area (Å²) in [5.41, 5.74) is 0. The summed E-state index contributed by atoms with van der Waals surface area (Å²) in [6, 6.07) is 0. The molecule has 0 unspecified atom stereocenters. The van der Waals surface area contributed by atoms with Gasteiger partial charge in [0.15, 0.2) is 0 Å². The van der Waals surface area contributed by atoms with Crippen molar-refractivity contribution < 1.29 is 782 Å². The molecule has 0 radical (unpaired) electrons. The molecule has 20 N–H and O–H groups in total. The molecule has 0 aromatic heterocycles. The molecule has 0 fully saturated rings. The second-order valence-electron chi connectivity index (χ2n) is 20.0. The van der Waals surface area contributed by atoms with Gasteiger partial charge in [0, 0.05) is 650 Å². The summed E-state index contributed by atoms with van der Waals surface area (Å²) in [5.74, 6) is -24.6. The van der Waals surface area contributed by atoms with Gasteiger partial charge in [-0.2, -0.15) is 0 Å². The molecule has 0 heterocycles. The van der Waals surface area contributed by atoms with E-state index < -0.39 is 250 Å². The molecule has 130 heavy (non-hydrogen) atoms. The van der Waals surface area contributed by atoms with E-state index in [-0.39, 0.29) is 650 Å². The first-order valence-electron chi connectivity index (χ1n) is 27.6. The maximum Gasteiger partial charge on any atom is 0.317 e. The zero-order valence-electron chi connectivity index (χ0n) is 74.0. The average molecular weight is 3420 g/mol. The molecular weight excluding hydrogens is 3340 g/mol. The Morgan fingerprint density at radius 1 is 0.0923 bits per heavy atom. The predicted octanol–water partition coefficient (Wildman–Crippen LogP) is -10.4. The van der Waals surface area contributed by atoms with E-state index >= 15 is 0 Å². The summed E-state index contributed by atoms with van der Waals surface area (Å²) in [5, 5.41) is 172. The van der Waals surface area contributed by atoms with Gasteiger partial charge in [-0.05, 0) is 0 Å². The Kier molecular flexibility index (Phi) is 290. The third-order valence-electron chi connectivity index (χ3n) is 10.8. The minimum absolute atomic E-state index is 0. The van der Waals surface area contributed by atoms with Crippen molar-refractivity contribution in [2.24, 2.45) is 0 Å². The number of nitrogens with zero attached hydrogens (tertiary/aromatic N) is 10. The standard InChI is InChI=1S/5C10H16N2O8.30Zn/c5*13-7(14)3-11(4-8(15)16)1-2-12(5-9(17)18)6-10(19)20;;;;;;;;;;;;;;;;;;;;;;;;;;;;;;/h5*1-6H2,(H,13,14)(H,15,16)(H,17,18)(H,19,20);;;;;;;;;;;;;;;;;;;;;;;;;;;;;;. The van der Waals surface area contributed by atoms with Gasteiger partial charge in [-0.15, -0.1) is 0 Å². The first-order chi connectivity index (χ1) is 46.0. The summed E-state index contributed by atoms with van der Waals surface area (Å²) in [6.45, 7) is -11.3. The molecule has 0 aliphatic rings. The van der Waals surface area contributed by atoms with Crippen molar-refractivity contribution in [3.8, 4) is 0 Å². The average Bonchev–Trinajstić information content (AvgIpc) is 0.951. The van der Waals surface area contributed by atoms with Crippen LogP contribution in [0.2, 0.25) is 0 Å². The second kappa shape index (κ2) is 154. The first-order valence-corrected chi connectivity index (χ1v) is 27.6. The van der Waals surface area contributed by atoms with E-state index in [9.17, 15) is 95.9 Å². The normalized spacial score (nSPS) is 8.23. The van der Waals surface area contributed by atoms with Crippen LogP contribution in [0.25, 0.3) is 0 Å². The van der Waals surface area contributed by atoms with Crippen LogP contribution in [0.1, 0.15) is 0 Å². The number of aliphatic carboxylic acids is 20. The van der Waals surface area contributed by atoms with Gasteiger partial charge in [-0.3, -0.25) is 145 Å². The van der Waals surface area contributed by atoms with E-state index in [1.165, 1.54) is 0 Å². The number of hydrogen-bond donors (Lipinski definition) is 20. The Balaban J connectivity index is -0.0000000249. The fraction of sp³-hybridized carbons (Fsp3) is 0.600. The van der Waals surface area contributed by atoms with Gasteiger partial charge in [-0.1, -0.05) is 0 Å². The number of rotatable bonds is 55. The summed E-state index contributed by atoms with van der Waals surface area (Å²) in [7, 11) is 0. The molecule has 50 nitrogen and oxygen atoms in total. The van der Waals surface area contributed by atoms with Gasteiger partial charge in [-0.25, -0.2) is 0 Å². The van der Waals surface area contributed by atoms with Gasteiger partial charge < -0.3 is 102 Å². The predicted molar refractivity (Wildman–Crippen MR) is 317 cm³/mol. The molecule has 0 rings (SSSR count). The third kappa shape index (κ3) is 194. The zero-order valence-corrected chi connectivity index (χ0v) is 163. The molecule has 0 saturated carbocycles. The number of carboxylic acids is 20. The minimum Gasteiger partial charge on any atom is -0.480 e. The molecule has 0 atom stereocenters. The van der Waals surface area contributed by atoms with Crippen LogP contribution in [0.5, 0.6) is 0 Å². The summed E-state index contributed by atoms with van der Waals surface area (Å²) in [6.07, 6.45) is 0. The Labute approximate surface area is 1130 Å². The molecule has 0 spiro atoms. The Hall–Kier alpha value is 7.70. The molecule has 0 saturated heterocycles. The van der Waals surface area contributed by atoms with Gasteiger partial charge in [0.05, 0.1) is 131 Å². The van der Waals surface area contributed by atoms with Gasteiger partial charge in [0.25, 0.3) is 0 Å². The van der Waals surface area contributed by atoms with Gasteiger partial charge in [0.1, 0.15) is 0 Å². The minimum atomic E-state index is -1.23. The van der Waals surface area contributed by atoms with Crippen molar-refractivity contribution in [3.05, 3.63) is 0 Å². The molecule has 0 amide bonds. The van der Waals surface area contributed by atoms with Crippen molar-refractivity contribution in [1.82, 2.24) is 49.0 Å². The van der Waals surface area contributed by atoms with Crippen LogP contribution in [0.3, 0.4) is 0 Å². The zero-order chi connectivity index (χ0) is 78.5. The fourth-order valence-electron chi connectivity index (χ4n) is 7.38. The number of carbonyl (C=O) groups is 20. The van der Waals surface area contributed by atoms with Crippen molar-refractivity contribution in [2.75, 3.05) is 196 Å². The Bertz CT molecular complexity index is 2100. The Morgan fingerprint density at radius 3 is 0.146 bits per heavy atom. The monoisotopic (exact) mass is 3380 g/mol. The largest absolute Gasteiger partial charge is 0.480 e. The van der Waals surface area contributed by atoms with Crippen molar-refractivity contribution in [3.63, 3.8) is 0 Å². The summed E-state index contributed by atoms with van der Waals surface area (Å²) < 4.78 is 0. The number of carboxylic acid groups (broad SMARTS) is 20. The molecule has 0 aliphatic heterocycles. The van der Waals surface area contributed by atoms with Crippen molar-refractivity contribution >= 4 is 119 Å². The van der Waals surface area contributed by atoms with Crippen LogP contribution < -0.4 is 0 Å². The van der Waals surface area contributed by atoms with E-state index in [4.69, 9.17) is 102 Å². The van der Waals surface area contributed by atoms with Gasteiger partial charge in [0.2, 0.25) is 0 Å². The van der Waals surface area contributed by atoms with Crippen LogP contribution in [-0.4, -0.2) is 467 Å². The molecule has 0 aromatic carbocycles. The quantitative estimate of drug-likeness (QED) is 0.0251. The smallest absolute Gasteiger partial charge is 0.317 e. The molecule has 0 aromatic rings. The van der Waals surface area contributed by atoms with Gasteiger partial charge >= 0.3 is 119 Å². The fourth-order valence-corrected chi connectivity index (χ4v) is 7.38. The van der Waals surface area contributed by atoms with Crippen LogP contribution in [-0.2, 0) is 680 Å². The molecule has 80 heteroatoms. The van der Waals surface area contributed by atoms with Crippen molar-refractivity contribution in [2.45, 2.75) is 0 Å². The molecular formula is C50H80N10O40Zn30. The van der Waals surface area contributed by atoms with Crippen LogP contribution in [0.15, 0.2) is 0 Å². The molecule has 0 bridgehead atoms. The second-order valence-corrected chi connectivity index (χ2v) is 20.0. The molecule has 0 aliphatic carbocycles. The van der Waals surface area contributed by atoms with Crippen LogP contribution in [0.4, 0.5) is 0 Å². The maximum absolute atomic E-state index is 10.6. The Morgan fingerprint density at radius 2 is 0.123 bits per heavy atom. The van der Waals surface area contributed by atoms with Crippen LogP contribution in [0, 0.1) is 0 Å². The van der Waals surface area contributed by atoms with E-state index in [0.717, 1.165) is 49.0 Å². The molecule has 630 valence electrons. The summed E-state index contributed by atoms with van der Waals surface area (Å²) in [4.78, 5) is 222. The van der Waals surface area contributed by atoms with E-state index in [0.29, 0.717) is 0 Å². The topological polar surface area (TPSA) is 778 Å². The van der Waals surface area contributed by atoms with Crippen molar-refractivity contribution in [1.29, 1.82) is 0 Å². The maximum atomic E-state index is 10.6. The number of hydrogen-bond acceptors (Lipinski definition) is 30. The third-order valence-corrected chi connectivity index (χ3v) is 10.8. The van der Waals surface area contributed by atoms with Crippen LogP contribution >= 0.6 is 0 Å². The van der Waals surface area contributed by atoms with E-state index in [2.05, 4.69) is 0 Å². The SMILES string of the molecule is O=C(O)CN(CCN(CC(=O)O)CC(=O)O)CC(=O)O.O=C(O)CN(CCN(CC(=O)O)CC(=O)O)CC(=O)O.O=C(O)CN(CCN(CC(=O)O)CC(=O)O)CC(=O)O.O=C(O)CN(CCN(CC(=O)O)CC(=O)O)CC(=O)O.O=C(O)CN(CCN(CC(=O)O)CC(=O)O)CC(=O)O.[Zn].[Zn].[Zn].[Zn].[Zn].[Zn].[Zn].[Zn].[Zn].[Zn].[Zn].[Zn].[Zn].[Zn].[Zn].[Zn].[Zn].[Zn].[Zn].[Zn].[Zn].[Zn].[Zn].[Zn].[Zn].[Zn].[Zn].[Zn].[Zn].[Zn]. The van der Waals surface area contributed by atoms with E-state index in [1.54, 1.807) is 0 Å².